The van der Waals surface area contributed by atoms with Crippen LogP contribution in [0.5, 0.6) is 0 Å². The van der Waals surface area contributed by atoms with Crippen LogP contribution in [0.15, 0.2) is 24.5 Å². The smallest absolute Gasteiger partial charge is 0.219 e. The van der Waals surface area contributed by atoms with Gasteiger partial charge in [0.2, 0.25) is 5.91 Å². The van der Waals surface area contributed by atoms with Gasteiger partial charge >= 0.3 is 0 Å². The fourth-order valence-corrected chi connectivity index (χ4v) is 5.54. The molecule has 0 unspecified atom stereocenters. The molecule has 6 rings (SSSR count). The summed E-state index contributed by atoms with van der Waals surface area (Å²) in [5.74, 6) is 0.656. The quantitative estimate of drug-likeness (QED) is 0.595. The summed E-state index contributed by atoms with van der Waals surface area (Å²) in [6.07, 6.45) is 7.08. The molecule has 0 aliphatic carbocycles. The number of benzene rings is 1. The van der Waals surface area contributed by atoms with Crippen molar-refractivity contribution in [3.63, 3.8) is 0 Å². The molecule has 3 aliphatic heterocycles. The van der Waals surface area contributed by atoms with Crippen molar-refractivity contribution in [2.45, 2.75) is 45.2 Å². The van der Waals surface area contributed by atoms with Crippen LogP contribution in [0.2, 0.25) is 0 Å². The van der Waals surface area contributed by atoms with Gasteiger partial charge < -0.3 is 14.5 Å². The van der Waals surface area contributed by atoms with Gasteiger partial charge in [0, 0.05) is 74.4 Å². The second kappa shape index (κ2) is 8.23. The summed E-state index contributed by atoms with van der Waals surface area (Å²) in [4.78, 5) is 16.2. The molecule has 0 N–H and O–H groups in total. The second-order valence-electron chi connectivity index (χ2n) is 9.52. The van der Waals surface area contributed by atoms with Crippen molar-refractivity contribution in [3.8, 4) is 11.1 Å². The van der Waals surface area contributed by atoms with E-state index in [4.69, 9.17) is 9.84 Å². The summed E-state index contributed by atoms with van der Waals surface area (Å²) in [7, 11) is 1.83. The summed E-state index contributed by atoms with van der Waals surface area (Å²) < 4.78 is 24.8. The molecule has 1 amide bonds. The minimum absolute atomic E-state index is 0.0692. The van der Waals surface area contributed by atoms with Gasteiger partial charge in [0.25, 0.3) is 0 Å². The maximum atomic E-state index is 15.4. The average Bonchev–Trinajstić information content (AvgIpc) is 3.57. The molecule has 0 saturated carbocycles. The standard InChI is InChI=1S/C25H29FN6O2/c1-16(33)30-8-5-23-21(14-30)25(28-32(23)19-6-9-34-15-19)31-7-3-4-17-10-20(22(26)11-24(17)31)18-12-27-29(2)13-18/h10-13,19H,3-9,14-15H2,1-2H3/t19-/m0/s1. The van der Waals surface area contributed by atoms with Gasteiger partial charge in [-0.1, -0.05) is 0 Å². The highest BCUT2D eigenvalue weighted by Gasteiger charge is 2.34. The number of nitrogens with zero attached hydrogens (tertiary/aromatic N) is 6. The molecule has 0 bridgehead atoms. The lowest BCUT2D eigenvalue weighted by atomic mass is 9.96. The summed E-state index contributed by atoms with van der Waals surface area (Å²) in [6.45, 7) is 5.01. The molecule has 2 aromatic heterocycles. The molecular formula is C25H29FN6O2. The van der Waals surface area contributed by atoms with Crippen LogP contribution in [0, 0.1) is 5.82 Å². The number of amides is 1. The molecule has 178 valence electrons. The first kappa shape index (κ1) is 21.3. The van der Waals surface area contributed by atoms with Gasteiger partial charge in [0.1, 0.15) is 5.82 Å². The highest BCUT2D eigenvalue weighted by atomic mass is 19.1. The summed E-state index contributed by atoms with van der Waals surface area (Å²) >= 11 is 0. The number of fused-ring (bicyclic) bond motifs is 2. The van der Waals surface area contributed by atoms with Crippen molar-refractivity contribution in [1.29, 1.82) is 0 Å². The third-order valence-corrected chi connectivity index (χ3v) is 7.32. The predicted octanol–water partition coefficient (Wildman–Crippen LogP) is 3.37. The molecule has 3 aliphatic rings. The molecule has 9 heteroatoms. The molecule has 3 aromatic rings. The molecule has 0 spiro atoms. The maximum Gasteiger partial charge on any atom is 0.219 e. The first-order chi connectivity index (χ1) is 16.5. The first-order valence-electron chi connectivity index (χ1n) is 12.0. The second-order valence-corrected chi connectivity index (χ2v) is 9.52. The number of rotatable bonds is 3. The Kier molecular flexibility index (Phi) is 5.17. The normalized spacial score (nSPS) is 19.9. The molecule has 1 atom stereocenters. The van der Waals surface area contributed by atoms with E-state index in [0.29, 0.717) is 25.3 Å². The maximum absolute atomic E-state index is 15.4. The van der Waals surface area contributed by atoms with Gasteiger partial charge in [-0.15, -0.1) is 0 Å². The fraction of sp³-hybridized carbons (Fsp3) is 0.480. The zero-order chi connectivity index (χ0) is 23.4. The van der Waals surface area contributed by atoms with E-state index in [2.05, 4.69) is 14.7 Å². The van der Waals surface area contributed by atoms with Gasteiger partial charge in [0.15, 0.2) is 5.82 Å². The molecule has 0 radical (unpaired) electrons. The minimum Gasteiger partial charge on any atom is -0.379 e. The van der Waals surface area contributed by atoms with E-state index in [1.165, 1.54) is 5.69 Å². The Labute approximate surface area is 197 Å². The van der Waals surface area contributed by atoms with Crippen molar-refractivity contribution in [2.75, 3.05) is 31.2 Å². The number of hydrogen-bond donors (Lipinski definition) is 0. The number of carbonyl (C=O) groups is 1. The third-order valence-electron chi connectivity index (χ3n) is 7.32. The highest BCUT2D eigenvalue weighted by molar-refractivity contribution is 5.76. The monoisotopic (exact) mass is 464 g/mol. The zero-order valence-corrected chi connectivity index (χ0v) is 19.6. The average molecular weight is 465 g/mol. The van der Waals surface area contributed by atoms with E-state index in [9.17, 15) is 4.79 Å². The number of halogens is 1. The number of ether oxygens (including phenoxy) is 1. The molecule has 8 nitrogen and oxygen atoms in total. The predicted molar refractivity (Wildman–Crippen MR) is 125 cm³/mol. The summed E-state index contributed by atoms with van der Waals surface area (Å²) in [6, 6.07) is 3.82. The van der Waals surface area contributed by atoms with Crippen LogP contribution >= 0.6 is 0 Å². The summed E-state index contributed by atoms with van der Waals surface area (Å²) in [5.41, 5.74) is 5.59. The van der Waals surface area contributed by atoms with Crippen molar-refractivity contribution in [2.24, 2.45) is 7.05 Å². The molecule has 5 heterocycles. The lowest BCUT2D eigenvalue weighted by Gasteiger charge is -2.33. The van der Waals surface area contributed by atoms with E-state index in [0.717, 1.165) is 67.0 Å². The van der Waals surface area contributed by atoms with Crippen molar-refractivity contribution >= 4 is 17.4 Å². The Morgan fingerprint density at radius 3 is 2.85 bits per heavy atom. The van der Waals surface area contributed by atoms with Gasteiger partial charge in [-0.05, 0) is 37.0 Å². The van der Waals surface area contributed by atoms with E-state index in [1.807, 2.05) is 24.2 Å². The lowest BCUT2D eigenvalue weighted by molar-refractivity contribution is -0.129. The van der Waals surface area contributed by atoms with Crippen LogP contribution < -0.4 is 4.90 Å². The Morgan fingerprint density at radius 2 is 2.12 bits per heavy atom. The minimum atomic E-state index is -0.262. The van der Waals surface area contributed by atoms with Gasteiger partial charge in [0.05, 0.1) is 25.4 Å². The number of anilines is 2. The topological polar surface area (TPSA) is 68.4 Å². The van der Waals surface area contributed by atoms with Crippen LogP contribution in [-0.2, 0) is 36.0 Å². The van der Waals surface area contributed by atoms with Crippen LogP contribution in [0.1, 0.15) is 42.6 Å². The molecule has 34 heavy (non-hydrogen) atoms. The fourth-order valence-electron chi connectivity index (χ4n) is 5.54. The number of hydrogen-bond acceptors (Lipinski definition) is 5. The SMILES string of the molecule is CC(=O)N1CCc2c(c(N3CCCc4cc(-c5cnn(C)c5)c(F)cc43)nn2[C@H]2CCOC2)C1. The van der Waals surface area contributed by atoms with Crippen LogP contribution in [0.3, 0.4) is 0 Å². The van der Waals surface area contributed by atoms with Gasteiger partial charge in [-0.3, -0.25) is 14.2 Å². The lowest BCUT2D eigenvalue weighted by Crippen LogP contribution is -2.35. The molecule has 1 saturated heterocycles. The third kappa shape index (κ3) is 3.50. The molecular weight excluding hydrogens is 435 g/mol. The number of aryl methyl sites for hydroxylation is 2. The van der Waals surface area contributed by atoms with Crippen molar-refractivity contribution in [3.05, 3.63) is 47.2 Å². The highest BCUT2D eigenvalue weighted by Crippen LogP contribution is 2.41. The van der Waals surface area contributed by atoms with Crippen LogP contribution in [0.4, 0.5) is 15.9 Å². The molecule has 1 aromatic carbocycles. The number of carbonyl (C=O) groups excluding carboxylic acids is 1. The van der Waals surface area contributed by atoms with E-state index in [1.54, 1.807) is 23.9 Å². The van der Waals surface area contributed by atoms with E-state index >= 15 is 4.39 Å². The Bertz CT molecular complexity index is 1260. The first-order valence-corrected chi connectivity index (χ1v) is 12.0. The Balaban J connectivity index is 1.44. The number of aromatic nitrogens is 4. The van der Waals surface area contributed by atoms with Gasteiger partial charge in [-0.2, -0.15) is 10.2 Å². The van der Waals surface area contributed by atoms with E-state index < -0.39 is 0 Å². The molecule has 1 fully saturated rings. The zero-order valence-electron chi connectivity index (χ0n) is 19.6. The van der Waals surface area contributed by atoms with E-state index in [-0.39, 0.29) is 17.8 Å². The van der Waals surface area contributed by atoms with Crippen LogP contribution in [-0.4, -0.2) is 56.7 Å². The van der Waals surface area contributed by atoms with Crippen molar-refractivity contribution in [1.82, 2.24) is 24.5 Å². The van der Waals surface area contributed by atoms with Gasteiger partial charge in [-0.25, -0.2) is 4.39 Å². The Morgan fingerprint density at radius 1 is 1.24 bits per heavy atom. The Hall–Kier alpha value is -3.20. The summed E-state index contributed by atoms with van der Waals surface area (Å²) in [5, 5.41) is 9.30. The largest absolute Gasteiger partial charge is 0.379 e. The van der Waals surface area contributed by atoms with Crippen molar-refractivity contribution < 1.29 is 13.9 Å². The van der Waals surface area contributed by atoms with Crippen LogP contribution in [0.25, 0.3) is 11.1 Å².